The van der Waals surface area contributed by atoms with Gasteiger partial charge in [-0.3, -0.25) is 24.7 Å². The monoisotopic (exact) mass is 345 g/mol. The molecule has 0 saturated carbocycles. The van der Waals surface area contributed by atoms with Crippen LogP contribution >= 0.6 is 0 Å². The third-order valence-corrected chi connectivity index (χ3v) is 4.54. The molecule has 1 heterocycles. The fourth-order valence-electron chi connectivity index (χ4n) is 3.25. The first-order valence-corrected chi connectivity index (χ1v) is 8.08. The number of nitrogens with zero attached hydrogens (tertiary/aromatic N) is 1. The van der Waals surface area contributed by atoms with Crippen LogP contribution in [-0.4, -0.2) is 22.6 Å². The van der Waals surface area contributed by atoms with Gasteiger partial charge in [0.2, 0.25) is 0 Å². The molecule has 0 bridgehead atoms. The lowest BCUT2D eigenvalue weighted by atomic mass is 9.94. The van der Waals surface area contributed by atoms with E-state index in [4.69, 9.17) is 5.84 Å². The average Bonchev–Trinajstić information content (AvgIpc) is 2.69. The molecule has 3 amide bonds. The fraction of sp³-hybridized carbons (Fsp3) is 0.0500. The zero-order valence-corrected chi connectivity index (χ0v) is 13.7. The first-order valence-electron chi connectivity index (χ1n) is 8.08. The Hall–Kier alpha value is -3.51. The standard InChI is InChI=1S/C20H15N3O3/c21-22-18(24)14-9-7-12(8-10-14)11-23-19(25)15-5-1-3-13-4-2-6-16(17(13)15)20(23)26/h1-10H,11,21H2,(H,22,24). The van der Waals surface area contributed by atoms with Crippen LogP contribution in [0.2, 0.25) is 0 Å². The number of hydrogen-bond donors (Lipinski definition) is 2. The van der Waals surface area contributed by atoms with E-state index in [0.717, 1.165) is 10.9 Å². The number of hydrazine groups is 1. The van der Waals surface area contributed by atoms with Crippen molar-refractivity contribution in [2.24, 2.45) is 5.84 Å². The van der Waals surface area contributed by atoms with E-state index < -0.39 is 5.91 Å². The summed E-state index contributed by atoms with van der Waals surface area (Å²) in [6.45, 7) is 0.132. The summed E-state index contributed by atoms with van der Waals surface area (Å²) in [6, 6.07) is 17.5. The van der Waals surface area contributed by atoms with E-state index in [2.05, 4.69) is 5.43 Å². The highest BCUT2D eigenvalue weighted by atomic mass is 16.2. The molecular formula is C20H15N3O3. The van der Waals surface area contributed by atoms with Crippen molar-refractivity contribution in [3.63, 3.8) is 0 Å². The van der Waals surface area contributed by atoms with Gasteiger partial charge in [0.25, 0.3) is 17.7 Å². The molecule has 3 aromatic carbocycles. The largest absolute Gasteiger partial charge is 0.290 e. The smallest absolute Gasteiger partial charge is 0.265 e. The Balaban J connectivity index is 1.69. The molecule has 3 aromatic rings. The van der Waals surface area contributed by atoms with Gasteiger partial charge >= 0.3 is 0 Å². The van der Waals surface area contributed by atoms with Crippen LogP contribution in [0.5, 0.6) is 0 Å². The second-order valence-corrected chi connectivity index (χ2v) is 6.08. The number of nitrogens with one attached hydrogen (secondary N) is 1. The molecule has 0 fully saturated rings. The number of rotatable bonds is 3. The second kappa shape index (κ2) is 6.09. The minimum absolute atomic E-state index is 0.132. The number of carbonyl (C=O) groups excluding carboxylic acids is 3. The summed E-state index contributed by atoms with van der Waals surface area (Å²) in [5.74, 6) is 4.08. The third kappa shape index (κ3) is 2.44. The SMILES string of the molecule is NNC(=O)c1ccc(CN2C(=O)c3cccc4cccc(c34)C2=O)cc1. The van der Waals surface area contributed by atoms with Crippen LogP contribution in [0.25, 0.3) is 10.8 Å². The molecule has 128 valence electrons. The topological polar surface area (TPSA) is 92.5 Å². The Bertz CT molecular complexity index is 1010. The van der Waals surface area contributed by atoms with Crippen LogP contribution in [0, 0.1) is 0 Å². The first-order chi connectivity index (χ1) is 12.6. The summed E-state index contributed by atoms with van der Waals surface area (Å²) in [6.07, 6.45) is 0. The number of nitrogen functional groups attached to an aromatic ring is 1. The van der Waals surface area contributed by atoms with Crippen molar-refractivity contribution in [3.8, 4) is 0 Å². The molecule has 4 rings (SSSR count). The predicted octanol–water partition coefficient (Wildman–Crippen LogP) is 2.24. The van der Waals surface area contributed by atoms with Crippen molar-refractivity contribution in [1.29, 1.82) is 0 Å². The second-order valence-electron chi connectivity index (χ2n) is 6.08. The van der Waals surface area contributed by atoms with Crippen LogP contribution in [0.1, 0.15) is 36.6 Å². The Morgan fingerprint density at radius 3 is 2.00 bits per heavy atom. The molecule has 0 radical (unpaired) electrons. The summed E-state index contributed by atoms with van der Waals surface area (Å²) in [4.78, 5) is 38.5. The van der Waals surface area contributed by atoms with E-state index in [1.54, 1.807) is 36.4 Å². The van der Waals surface area contributed by atoms with Crippen LogP contribution < -0.4 is 11.3 Å². The normalized spacial score (nSPS) is 13.2. The highest BCUT2D eigenvalue weighted by Gasteiger charge is 2.32. The Kier molecular flexibility index (Phi) is 3.74. The van der Waals surface area contributed by atoms with E-state index in [0.29, 0.717) is 22.1 Å². The summed E-state index contributed by atoms with van der Waals surface area (Å²) in [5, 5.41) is 1.58. The molecule has 0 spiro atoms. The minimum Gasteiger partial charge on any atom is -0.290 e. The maximum absolute atomic E-state index is 12.9. The third-order valence-electron chi connectivity index (χ3n) is 4.54. The van der Waals surface area contributed by atoms with Gasteiger partial charge in [0.05, 0.1) is 6.54 Å². The van der Waals surface area contributed by atoms with Gasteiger partial charge in [0, 0.05) is 22.1 Å². The number of amides is 3. The van der Waals surface area contributed by atoms with Gasteiger partial charge in [-0.15, -0.1) is 0 Å². The van der Waals surface area contributed by atoms with Gasteiger partial charge < -0.3 is 0 Å². The zero-order valence-electron chi connectivity index (χ0n) is 13.7. The van der Waals surface area contributed by atoms with Gasteiger partial charge in [0.15, 0.2) is 0 Å². The van der Waals surface area contributed by atoms with Crippen LogP contribution in [0.15, 0.2) is 60.7 Å². The van der Waals surface area contributed by atoms with E-state index >= 15 is 0 Å². The van der Waals surface area contributed by atoms with Gasteiger partial charge in [0.1, 0.15) is 0 Å². The van der Waals surface area contributed by atoms with Crippen molar-refractivity contribution in [1.82, 2.24) is 10.3 Å². The number of nitrogens with two attached hydrogens (primary N) is 1. The summed E-state index contributed by atoms with van der Waals surface area (Å²) in [7, 11) is 0. The van der Waals surface area contributed by atoms with Crippen molar-refractivity contribution < 1.29 is 14.4 Å². The molecule has 0 aliphatic carbocycles. The van der Waals surface area contributed by atoms with Crippen LogP contribution in [0.3, 0.4) is 0 Å². The molecule has 0 unspecified atom stereocenters. The summed E-state index contributed by atoms with van der Waals surface area (Å²) >= 11 is 0. The Morgan fingerprint density at radius 2 is 1.46 bits per heavy atom. The van der Waals surface area contributed by atoms with Crippen molar-refractivity contribution in [3.05, 3.63) is 82.9 Å². The molecule has 1 aliphatic rings. The van der Waals surface area contributed by atoms with Gasteiger partial charge in [-0.1, -0.05) is 36.4 Å². The quantitative estimate of drug-likeness (QED) is 0.329. The number of imide groups is 1. The molecule has 3 N–H and O–H groups in total. The molecule has 6 nitrogen and oxygen atoms in total. The Morgan fingerprint density at radius 1 is 0.885 bits per heavy atom. The van der Waals surface area contributed by atoms with E-state index in [-0.39, 0.29) is 18.4 Å². The summed E-state index contributed by atoms with van der Waals surface area (Å²) in [5.41, 5.74) is 4.26. The van der Waals surface area contributed by atoms with E-state index in [1.807, 2.05) is 24.3 Å². The molecule has 6 heteroatoms. The maximum atomic E-state index is 12.9. The zero-order chi connectivity index (χ0) is 18.3. The molecule has 0 aromatic heterocycles. The molecule has 0 saturated heterocycles. The van der Waals surface area contributed by atoms with Crippen molar-refractivity contribution in [2.45, 2.75) is 6.54 Å². The fourth-order valence-corrected chi connectivity index (χ4v) is 3.25. The van der Waals surface area contributed by atoms with Gasteiger partial charge in [-0.2, -0.15) is 0 Å². The lowest BCUT2D eigenvalue weighted by Crippen LogP contribution is -2.39. The maximum Gasteiger partial charge on any atom is 0.265 e. The number of carbonyl (C=O) groups is 3. The van der Waals surface area contributed by atoms with Gasteiger partial charge in [-0.05, 0) is 35.2 Å². The predicted molar refractivity (Wildman–Crippen MR) is 96.2 cm³/mol. The summed E-state index contributed by atoms with van der Waals surface area (Å²) < 4.78 is 0. The van der Waals surface area contributed by atoms with Crippen molar-refractivity contribution >= 4 is 28.5 Å². The van der Waals surface area contributed by atoms with E-state index in [1.165, 1.54) is 4.90 Å². The molecular weight excluding hydrogens is 330 g/mol. The number of benzene rings is 3. The molecule has 0 atom stereocenters. The minimum atomic E-state index is -0.401. The number of hydrogen-bond acceptors (Lipinski definition) is 4. The van der Waals surface area contributed by atoms with E-state index in [9.17, 15) is 14.4 Å². The van der Waals surface area contributed by atoms with Crippen LogP contribution in [-0.2, 0) is 6.54 Å². The first kappa shape index (κ1) is 16.0. The lowest BCUT2D eigenvalue weighted by molar-refractivity contribution is 0.0597. The molecule has 26 heavy (non-hydrogen) atoms. The lowest BCUT2D eigenvalue weighted by Gasteiger charge is -2.27. The molecule has 1 aliphatic heterocycles. The highest BCUT2D eigenvalue weighted by molar-refractivity contribution is 6.25. The van der Waals surface area contributed by atoms with Crippen molar-refractivity contribution in [2.75, 3.05) is 0 Å². The van der Waals surface area contributed by atoms with Crippen LogP contribution in [0.4, 0.5) is 0 Å². The highest BCUT2D eigenvalue weighted by Crippen LogP contribution is 2.30. The average molecular weight is 345 g/mol. The van der Waals surface area contributed by atoms with Gasteiger partial charge in [-0.25, -0.2) is 5.84 Å². The Labute approximate surface area is 149 Å².